The molecule has 0 radical (unpaired) electrons. The second-order valence-corrected chi connectivity index (χ2v) is 6.98. The lowest BCUT2D eigenvalue weighted by Gasteiger charge is -2.20. The third-order valence-electron chi connectivity index (χ3n) is 3.79. The Labute approximate surface area is 114 Å². The van der Waals surface area contributed by atoms with Crippen molar-refractivity contribution < 1.29 is 0 Å². The van der Waals surface area contributed by atoms with E-state index in [-0.39, 0.29) is 0 Å². The molecule has 1 N–H and O–H groups in total. The molecule has 2 fully saturated rings. The molecule has 0 spiro atoms. The quantitative estimate of drug-likeness (QED) is 0.774. The van der Waals surface area contributed by atoms with E-state index in [0.29, 0.717) is 0 Å². The average Bonchev–Trinajstić information content (AvgIpc) is 3.27. The van der Waals surface area contributed by atoms with E-state index >= 15 is 0 Å². The molecule has 1 aromatic heterocycles. The zero-order chi connectivity index (χ0) is 12.4. The van der Waals surface area contributed by atoms with Crippen LogP contribution in [0.2, 0.25) is 0 Å². The first-order valence-corrected chi connectivity index (χ1v) is 8.22. The minimum absolute atomic E-state index is 0.818. The predicted molar refractivity (Wildman–Crippen MR) is 77.9 cm³/mol. The molecule has 0 saturated heterocycles. The smallest absolute Gasteiger partial charge is 0.0330 e. The maximum Gasteiger partial charge on any atom is 0.0330 e. The molecular formula is C15H24N2S. The minimum Gasteiger partial charge on any atom is -0.309 e. The van der Waals surface area contributed by atoms with Gasteiger partial charge in [-0.1, -0.05) is 6.92 Å². The van der Waals surface area contributed by atoms with Gasteiger partial charge < -0.3 is 5.32 Å². The van der Waals surface area contributed by atoms with Gasteiger partial charge in [0.15, 0.2) is 0 Å². The van der Waals surface area contributed by atoms with E-state index in [1.54, 1.807) is 4.88 Å². The van der Waals surface area contributed by atoms with Gasteiger partial charge >= 0.3 is 0 Å². The highest BCUT2D eigenvalue weighted by molar-refractivity contribution is 7.11. The molecule has 0 amide bonds. The van der Waals surface area contributed by atoms with Crippen molar-refractivity contribution in [2.24, 2.45) is 0 Å². The van der Waals surface area contributed by atoms with Crippen molar-refractivity contribution in [1.82, 2.24) is 10.2 Å². The SMILES string of the molecule is CCCN(Cc1ccc(CNC2CC2)s1)C1CC1. The van der Waals surface area contributed by atoms with E-state index in [1.807, 2.05) is 11.3 Å². The van der Waals surface area contributed by atoms with Gasteiger partial charge in [0.2, 0.25) is 0 Å². The van der Waals surface area contributed by atoms with Crippen LogP contribution in [0.25, 0.3) is 0 Å². The molecule has 1 heterocycles. The fourth-order valence-corrected chi connectivity index (χ4v) is 3.45. The zero-order valence-electron chi connectivity index (χ0n) is 11.3. The van der Waals surface area contributed by atoms with Crippen LogP contribution in [0.15, 0.2) is 12.1 Å². The van der Waals surface area contributed by atoms with E-state index in [4.69, 9.17) is 0 Å². The Bertz CT molecular complexity index is 380. The van der Waals surface area contributed by atoms with Crippen molar-refractivity contribution in [2.45, 2.75) is 64.2 Å². The van der Waals surface area contributed by atoms with Crippen LogP contribution in [-0.4, -0.2) is 23.5 Å². The van der Waals surface area contributed by atoms with Crippen molar-refractivity contribution in [1.29, 1.82) is 0 Å². The van der Waals surface area contributed by atoms with Crippen molar-refractivity contribution >= 4 is 11.3 Å². The van der Waals surface area contributed by atoms with Gasteiger partial charge in [0.1, 0.15) is 0 Å². The Kier molecular flexibility index (Phi) is 4.02. The molecule has 2 nitrogen and oxygen atoms in total. The van der Waals surface area contributed by atoms with Gasteiger partial charge in [0, 0.05) is 34.9 Å². The van der Waals surface area contributed by atoms with Gasteiger partial charge in [-0.25, -0.2) is 0 Å². The van der Waals surface area contributed by atoms with Crippen LogP contribution in [0.3, 0.4) is 0 Å². The first kappa shape index (κ1) is 12.6. The van der Waals surface area contributed by atoms with Crippen LogP contribution in [0.4, 0.5) is 0 Å². The predicted octanol–water partition coefficient (Wildman–Crippen LogP) is 3.37. The summed E-state index contributed by atoms with van der Waals surface area (Å²) in [6.07, 6.45) is 6.87. The summed E-state index contributed by atoms with van der Waals surface area (Å²) < 4.78 is 0. The van der Waals surface area contributed by atoms with Crippen molar-refractivity contribution in [3.8, 4) is 0 Å². The van der Waals surface area contributed by atoms with E-state index in [9.17, 15) is 0 Å². The molecule has 0 unspecified atom stereocenters. The topological polar surface area (TPSA) is 15.3 Å². The van der Waals surface area contributed by atoms with Crippen LogP contribution < -0.4 is 5.32 Å². The normalized spacial score (nSPS) is 19.7. The van der Waals surface area contributed by atoms with E-state index in [2.05, 4.69) is 29.3 Å². The molecule has 2 saturated carbocycles. The van der Waals surface area contributed by atoms with Crippen LogP contribution >= 0.6 is 11.3 Å². The van der Waals surface area contributed by atoms with Gasteiger partial charge in [0.05, 0.1) is 0 Å². The van der Waals surface area contributed by atoms with Crippen LogP contribution in [-0.2, 0) is 13.1 Å². The van der Waals surface area contributed by atoms with Gasteiger partial charge in [0.25, 0.3) is 0 Å². The molecule has 3 rings (SSSR count). The Morgan fingerprint density at radius 1 is 1.22 bits per heavy atom. The highest BCUT2D eigenvalue weighted by atomic mass is 32.1. The maximum atomic E-state index is 3.60. The van der Waals surface area contributed by atoms with Gasteiger partial charge in [-0.2, -0.15) is 0 Å². The summed E-state index contributed by atoms with van der Waals surface area (Å²) in [5, 5.41) is 3.60. The third-order valence-corrected chi connectivity index (χ3v) is 4.86. The molecule has 2 aliphatic carbocycles. The molecule has 0 aromatic carbocycles. The number of nitrogens with zero attached hydrogens (tertiary/aromatic N) is 1. The average molecular weight is 264 g/mol. The Hall–Kier alpha value is -0.380. The molecule has 3 heteroatoms. The van der Waals surface area contributed by atoms with Crippen molar-refractivity contribution in [2.75, 3.05) is 6.54 Å². The van der Waals surface area contributed by atoms with Crippen LogP contribution in [0.1, 0.15) is 48.8 Å². The lowest BCUT2D eigenvalue weighted by molar-refractivity contribution is 0.257. The summed E-state index contributed by atoms with van der Waals surface area (Å²) in [5.74, 6) is 0. The van der Waals surface area contributed by atoms with Crippen LogP contribution in [0.5, 0.6) is 0 Å². The standard InChI is InChI=1S/C15H24N2S/c1-2-9-17(13-5-6-13)11-15-8-7-14(18-15)10-16-12-3-4-12/h7-8,12-13,16H,2-6,9-11H2,1H3. The van der Waals surface area contributed by atoms with Crippen molar-refractivity contribution in [3.63, 3.8) is 0 Å². The number of rotatable bonds is 8. The van der Waals surface area contributed by atoms with E-state index in [0.717, 1.165) is 18.6 Å². The highest BCUT2D eigenvalue weighted by Gasteiger charge is 2.28. The first-order chi connectivity index (χ1) is 8.85. The number of thiophene rings is 1. The molecule has 0 bridgehead atoms. The monoisotopic (exact) mass is 264 g/mol. The largest absolute Gasteiger partial charge is 0.309 e. The second kappa shape index (κ2) is 5.72. The minimum atomic E-state index is 0.818. The fraction of sp³-hybridized carbons (Fsp3) is 0.733. The van der Waals surface area contributed by atoms with Gasteiger partial charge in [-0.15, -0.1) is 11.3 Å². The summed E-state index contributed by atoms with van der Waals surface area (Å²) in [6.45, 7) is 5.80. The Balaban J connectivity index is 1.50. The van der Waals surface area contributed by atoms with Crippen LogP contribution in [0, 0.1) is 0 Å². The molecule has 1 aromatic rings. The first-order valence-electron chi connectivity index (χ1n) is 7.40. The van der Waals surface area contributed by atoms with E-state index in [1.165, 1.54) is 50.1 Å². The highest BCUT2D eigenvalue weighted by Crippen LogP contribution is 2.30. The van der Waals surface area contributed by atoms with E-state index < -0.39 is 0 Å². The summed E-state index contributed by atoms with van der Waals surface area (Å²) in [5.41, 5.74) is 0. The third kappa shape index (κ3) is 3.56. The molecule has 18 heavy (non-hydrogen) atoms. The summed E-state index contributed by atoms with van der Waals surface area (Å²) in [7, 11) is 0. The maximum absolute atomic E-state index is 3.60. The lowest BCUT2D eigenvalue weighted by atomic mass is 10.3. The molecule has 0 atom stereocenters. The zero-order valence-corrected chi connectivity index (χ0v) is 12.1. The Morgan fingerprint density at radius 2 is 2.00 bits per heavy atom. The molecule has 0 aliphatic heterocycles. The fourth-order valence-electron chi connectivity index (χ4n) is 2.45. The summed E-state index contributed by atoms with van der Waals surface area (Å²) in [4.78, 5) is 5.72. The molecular weight excluding hydrogens is 240 g/mol. The number of hydrogen-bond donors (Lipinski definition) is 1. The summed E-state index contributed by atoms with van der Waals surface area (Å²) >= 11 is 2.00. The number of hydrogen-bond acceptors (Lipinski definition) is 3. The lowest BCUT2D eigenvalue weighted by Crippen LogP contribution is -2.25. The number of nitrogens with one attached hydrogen (secondary N) is 1. The Morgan fingerprint density at radius 3 is 2.67 bits per heavy atom. The second-order valence-electron chi connectivity index (χ2n) is 5.72. The molecule has 2 aliphatic rings. The van der Waals surface area contributed by atoms with Crippen molar-refractivity contribution in [3.05, 3.63) is 21.9 Å². The molecule has 100 valence electrons. The van der Waals surface area contributed by atoms with Gasteiger partial charge in [-0.05, 0) is 50.8 Å². The summed E-state index contributed by atoms with van der Waals surface area (Å²) in [6, 6.07) is 6.35. The van der Waals surface area contributed by atoms with Gasteiger partial charge in [-0.3, -0.25) is 4.90 Å².